The molecular formula is C12H20O6. The lowest BCUT2D eigenvalue weighted by atomic mass is 9.99. The van der Waals surface area contributed by atoms with Crippen LogP contribution in [0.25, 0.3) is 0 Å². The number of rotatable bonds is 1. The van der Waals surface area contributed by atoms with Crippen LogP contribution in [0.2, 0.25) is 0 Å². The van der Waals surface area contributed by atoms with Crippen molar-refractivity contribution in [1.82, 2.24) is 0 Å². The zero-order chi connectivity index (χ0) is 13.1. The van der Waals surface area contributed by atoms with E-state index in [0.717, 1.165) is 0 Å². The van der Waals surface area contributed by atoms with Gasteiger partial charge in [-0.1, -0.05) is 0 Å². The highest BCUT2D eigenvalue weighted by atomic mass is 16.9. The minimum absolute atomic E-state index is 0.131. The van der Waals surface area contributed by atoms with Gasteiger partial charge in [0.05, 0.1) is 6.61 Å². The predicted octanol–water partition coefficient (Wildman–Crippen LogP) is 0.375. The van der Waals surface area contributed by atoms with Gasteiger partial charge in [0.2, 0.25) is 0 Å². The lowest BCUT2D eigenvalue weighted by Crippen LogP contribution is -2.56. The van der Waals surface area contributed by atoms with Crippen LogP contribution in [0.15, 0.2) is 0 Å². The number of fused-ring (bicyclic) bond motifs is 3. The molecule has 1 N–H and O–H groups in total. The Bertz CT molecular complexity index is 341. The maximum atomic E-state index is 9.40. The van der Waals surface area contributed by atoms with Crippen molar-refractivity contribution in [1.29, 1.82) is 0 Å². The molecule has 0 radical (unpaired) electrons. The maximum Gasteiger partial charge on any atom is 0.190 e. The topological polar surface area (TPSA) is 66.4 Å². The third-order valence-electron chi connectivity index (χ3n) is 3.43. The van der Waals surface area contributed by atoms with E-state index in [1.807, 2.05) is 27.7 Å². The highest BCUT2D eigenvalue weighted by molar-refractivity contribution is 4.99. The Morgan fingerprint density at radius 2 is 1.39 bits per heavy atom. The highest BCUT2D eigenvalue weighted by Gasteiger charge is 2.60. The first-order chi connectivity index (χ1) is 8.31. The summed E-state index contributed by atoms with van der Waals surface area (Å²) in [5.74, 6) is -1.41. The molecular weight excluding hydrogens is 240 g/mol. The quantitative estimate of drug-likeness (QED) is 0.735. The molecule has 3 heterocycles. The van der Waals surface area contributed by atoms with Crippen molar-refractivity contribution in [2.75, 3.05) is 6.61 Å². The van der Waals surface area contributed by atoms with Crippen molar-refractivity contribution in [2.24, 2.45) is 0 Å². The monoisotopic (exact) mass is 260 g/mol. The Morgan fingerprint density at radius 3 is 2.06 bits per heavy atom. The molecule has 0 saturated carbocycles. The van der Waals surface area contributed by atoms with E-state index in [0.29, 0.717) is 0 Å². The Labute approximate surface area is 106 Å². The van der Waals surface area contributed by atoms with Crippen molar-refractivity contribution in [3.05, 3.63) is 0 Å². The summed E-state index contributed by atoms with van der Waals surface area (Å²) in [7, 11) is 0. The van der Waals surface area contributed by atoms with Crippen LogP contribution in [0.1, 0.15) is 27.7 Å². The number of ether oxygens (including phenoxy) is 5. The fraction of sp³-hybridized carbons (Fsp3) is 1.00. The molecule has 0 amide bonds. The van der Waals surface area contributed by atoms with Gasteiger partial charge in [-0.15, -0.1) is 0 Å². The summed E-state index contributed by atoms with van der Waals surface area (Å²) < 4.78 is 28.9. The smallest absolute Gasteiger partial charge is 0.190 e. The van der Waals surface area contributed by atoms with E-state index < -0.39 is 24.0 Å². The highest BCUT2D eigenvalue weighted by Crippen LogP contribution is 2.43. The average molecular weight is 260 g/mol. The minimum atomic E-state index is -0.708. The first-order valence-electron chi connectivity index (χ1n) is 6.29. The summed E-state index contributed by atoms with van der Waals surface area (Å²) in [5, 5.41) is 9.40. The van der Waals surface area contributed by atoms with Crippen molar-refractivity contribution >= 4 is 0 Å². The fourth-order valence-corrected chi connectivity index (χ4v) is 2.84. The van der Waals surface area contributed by atoms with E-state index in [4.69, 9.17) is 23.7 Å². The summed E-state index contributed by atoms with van der Waals surface area (Å²) in [6.07, 6.45) is -1.90. The number of aliphatic hydroxyl groups is 1. The zero-order valence-electron chi connectivity index (χ0n) is 11.1. The third kappa shape index (κ3) is 1.97. The second-order valence-electron chi connectivity index (χ2n) is 5.89. The van der Waals surface area contributed by atoms with Crippen LogP contribution in [0.5, 0.6) is 0 Å². The van der Waals surface area contributed by atoms with Gasteiger partial charge in [0.1, 0.15) is 24.4 Å². The van der Waals surface area contributed by atoms with Gasteiger partial charge in [-0.3, -0.25) is 0 Å². The molecule has 0 aromatic heterocycles. The van der Waals surface area contributed by atoms with E-state index in [9.17, 15) is 5.11 Å². The maximum absolute atomic E-state index is 9.40. The molecule has 0 bridgehead atoms. The van der Waals surface area contributed by atoms with Gasteiger partial charge < -0.3 is 28.8 Å². The molecule has 0 aliphatic carbocycles. The Kier molecular flexibility index (Phi) is 2.75. The largest absolute Gasteiger partial charge is 0.394 e. The predicted molar refractivity (Wildman–Crippen MR) is 59.6 cm³/mol. The van der Waals surface area contributed by atoms with Gasteiger partial charge in [0.15, 0.2) is 17.9 Å². The molecule has 0 unspecified atom stereocenters. The second kappa shape index (κ2) is 3.88. The molecule has 0 spiro atoms. The summed E-state index contributed by atoms with van der Waals surface area (Å²) >= 11 is 0. The molecule has 0 aromatic carbocycles. The van der Waals surface area contributed by atoms with Crippen molar-refractivity contribution in [3.63, 3.8) is 0 Å². The van der Waals surface area contributed by atoms with E-state index in [1.165, 1.54) is 0 Å². The molecule has 3 fully saturated rings. The molecule has 3 aliphatic rings. The van der Waals surface area contributed by atoms with Crippen LogP contribution in [-0.4, -0.2) is 54.0 Å². The number of hydrogen-bond acceptors (Lipinski definition) is 6. The summed E-state index contributed by atoms with van der Waals surface area (Å²) in [6.45, 7) is 7.22. The fourth-order valence-electron chi connectivity index (χ4n) is 2.84. The average Bonchev–Trinajstić information content (AvgIpc) is 2.71. The van der Waals surface area contributed by atoms with E-state index in [-0.39, 0.29) is 24.9 Å². The zero-order valence-corrected chi connectivity index (χ0v) is 11.1. The molecule has 0 aromatic rings. The molecule has 5 atom stereocenters. The van der Waals surface area contributed by atoms with Gasteiger partial charge in [0.25, 0.3) is 0 Å². The number of aliphatic hydroxyl groups excluding tert-OH is 1. The van der Waals surface area contributed by atoms with Crippen LogP contribution in [0.3, 0.4) is 0 Å². The van der Waals surface area contributed by atoms with E-state index in [2.05, 4.69) is 0 Å². The lowest BCUT2D eigenvalue weighted by molar-refractivity contribution is -0.240. The van der Waals surface area contributed by atoms with Crippen LogP contribution < -0.4 is 0 Å². The number of hydrogen-bond donors (Lipinski definition) is 1. The van der Waals surface area contributed by atoms with Crippen LogP contribution >= 0.6 is 0 Å². The Hall–Kier alpha value is -0.240. The van der Waals surface area contributed by atoms with Gasteiger partial charge in [0, 0.05) is 0 Å². The molecule has 3 saturated heterocycles. The molecule has 6 nitrogen and oxygen atoms in total. The standard InChI is InChI=1S/C12H20O6/c1-11(2)15-7-6(5-13)14-10-9(8(7)16-11)17-12(3,4)18-10/h6-10,13H,5H2,1-4H3/t6-,7+,8-,9+,10-/m0/s1. The van der Waals surface area contributed by atoms with Crippen molar-refractivity contribution < 1.29 is 28.8 Å². The first-order valence-corrected chi connectivity index (χ1v) is 6.29. The Balaban J connectivity index is 1.86. The van der Waals surface area contributed by atoms with Crippen LogP contribution in [0, 0.1) is 0 Å². The van der Waals surface area contributed by atoms with E-state index in [1.54, 1.807) is 0 Å². The van der Waals surface area contributed by atoms with Gasteiger partial charge in [-0.2, -0.15) is 0 Å². The first kappa shape index (κ1) is 12.8. The molecule has 3 rings (SSSR count). The molecule has 6 heteroatoms. The summed E-state index contributed by atoms with van der Waals surface area (Å²) in [6, 6.07) is 0. The summed E-state index contributed by atoms with van der Waals surface area (Å²) in [4.78, 5) is 0. The lowest BCUT2D eigenvalue weighted by Gasteiger charge is -2.36. The van der Waals surface area contributed by atoms with Gasteiger partial charge >= 0.3 is 0 Å². The van der Waals surface area contributed by atoms with Crippen molar-refractivity contribution in [2.45, 2.75) is 70.0 Å². The van der Waals surface area contributed by atoms with Crippen LogP contribution in [-0.2, 0) is 23.7 Å². The Morgan fingerprint density at radius 1 is 0.833 bits per heavy atom. The SMILES string of the molecule is CC1(C)O[C@@H]2O[C@@H](CO)[C@H]3OC(C)(C)O[C@@H]3[C@H]2O1. The van der Waals surface area contributed by atoms with Gasteiger partial charge in [-0.05, 0) is 27.7 Å². The third-order valence-corrected chi connectivity index (χ3v) is 3.43. The normalized spacial score (nSPS) is 48.8. The minimum Gasteiger partial charge on any atom is -0.394 e. The summed E-state index contributed by atoms with van der Waals surface area (Å²) in [5.41, 5.74) is 0. The van der Waals surface area contributed by atoms with Crippen molar-refractivity contribution in [3.8, 4) is 0 Å². The molecule has 104 valence electrons. The molecule has 3 aliphatic heterocycles. The van der Waals surface area contributed by atoms with Crippen LogP contribution in [0.4, 0.5) is 0 Å². The second-order valence-corrected chi connectivity index (χ2v) is 5.89. The molecule has 18 heavy (non-hydrogen) atoms. The van der Waals surface area contributed by atoms with E-state index >= 15 is 0 Å². The van der Waals surface area contributed by atoms with Gasteiger partial charge in [-0.25, -0.2) is 0 Å².